The average molecular weight is 454 g/mol. The topological polar surface area (TPSA) is 82.1 Å². The Bertz CT molecular complexity index is 914. The first-order valence-electron chi connectivity index (χ1n) is 13.4. The predicted molar refractivity (Wildman–Crippen MR) is 128 cm³/mol. The second kappa shape index (κ2) is 8.09. The van der Waals surface area contributed by atoms with Gasteiger partial charge in [-0.25, -0.2) is 0 Å². The summed E-state index contributed by atoms with van der Waals surface area (Å²) in [4.78, 5) is 0. The highest BCUT2D eigenvalue weighted by Gasteiger charge is 2.57. The lowest BCUT2D eigenvalue weighted by Crippen LogP contribution is -2.51. The van der Waals surface area contributed by atoms with Gasteiger partial charge in [0.15, 0.2) is 0 Å². The minimum atomic E-state index is -0.530. The lowest BCUT2D eigenvalue weighted by Gasteiger charge is -2.57. The van der Waals surface area contributed by atoms with Crippen molar-refractivity contribution in [1.29, 1.82) is 5.26 Å². The Morgan fingerprint density at radius 1 is 1.12 bits per heavy atom. The fourth-order valence-electron chi connectivity index (χ4n) is 8.98. The second-order valence-corrected chi connectivity index (χ2v) is 13.2. The number of fused-ring (bicyclic) bond motifs is 5. The van der Waals surface area contributed by atoms with Crippen molar-refractivity contribution < 1.29 is 10.2 Å². The summed E-state index contributed by atoms with van der Waals surface area (Å²) in [6.07, 6.45) is 14.7. The second-order valence-electron chi connectivity index (χ2n) is 13.2. The summed E-state index contributed by atoms with van der Waals surface area (Å²) in [6, 6.07) is 2.15. The van der Waals surface area contributed by atoms with E-state index in [4.69, 9.17) is 5.26 Å². The van der Waals surface area contributed by atoms with Gasteiger partial charge >= 0.3 is 0 Å². The van der Waals surface area contributed by atoms with Gasteiger partial charge in [-0.3, -0.25) is 4.68 Å². The standard InChI is InChI=1S/C28H43N3O2/c1-26(2,31-17-18(15-29)16-30-31)25(32)13-20-6-8-24-23-7-5-19-14-27(3,33)11-9-21(19)22(23)10-12-28(20,24)4/h16-17,19-25,32-33H,5-14H2,1-4H3/t19-,20-,21+,22-,23-,24+,25+,27-,28-/m1/s1. The number of aliphatic hydroxyl groups excluding tert-OH is 1. The van der Waals surface area contributed by atoms with Crippen LogP contribution in [0.15, 0.2) is 12.4 Å². The number of nitriles is 1. The first-order valence-corrected chi connectivity index (χ1v) is 13.4. The molecule has 1 aromatic heterocycles. The molecule has 5 nitrogen and oxygen atoms in total. The Morgan fingerprint density at radius 2 is 1.88 bits per heavy atom. The van der Waals surface area contributed by atoms with Crippen LogP contribution in [0.2, 0.25) is 0 Å². The van der Waals surface area contributed by atoms with Crippen LogP contribution in [-0.2, 0) is 5.54 Å². The molecule has 0 bridgehead atoms. The first kappa shape index (κ1) is 23.4. The highest BCUT2D eigenvalue weighted by Crippen LogP contribution is 2.65. The van der Waals surface area contributed by atoms with Crippen molar-refractivity contribution in [3.05, 3.63) is 18.0 Å². The van der Waals surface area contributed by atoms with E-state index in [0.717, 1.165) is 48.9 Å². The van der Waals surface area contributed by atoms with Crippen molar-refractivity contribution in [3.63, 3.8) is 0 Å². The minimum Gasteiger partial charge on any atom is -0.391 e. The number of aromatic nitrogens is 2. The van der Waals surface area contributed by atoms with E-state index in [1.807, 2.05) is 20.8 Å². The third kappa shape index (κ3) is 3.86. The predicted octanol–water partition coefficient (Wildman–Crippen LogP) is 5.26. The Balaban J connectivity index is 1.29. The zero-order chi connectivity index (χ0) is 23.6. The van der Waals surface area contributed by atoms with Crippen LogP contribution < -0.4 is 0 Å². The summed E-state index contributed by atoms with van der Waals surface area (Å²) < 4.78 is 1.78. The normalized spacial score (nSPS) is 43.8. The summed E-state index contributed by atoms with van der Waals surface area (Å²) in [6.45, 7) is 8.66. The summed E-state index contributed by atoms with van der Waals surface area (Å²) >= 11 is 0. The van der Waals surface area contributed by atoms with E-state index >= 15 is 0 Å². The molecule has 5 rings (SSSR count). The number of hydrogen-bond donors (Lipinski definition) is 2. The molecule has 4 saturated carbocycles. The lowest BCUT2D eigenvalue weighted by molar-refractivity contribution is -0.103. The van der Waals surface area contributed by atoms with Crippen LogP contribution in [0, 0.1) is 52.3 Å². The molecule has 1 aromatic rings. The molecule has 0 aliphatic heterocycles. The lowest BCUT2D eigenvalue weighted by atomic mass is 9.49. The third-order valence-electron chi connectivity index (χ3n) is 11.1. The maximum Gasteiger partial charge on any atom is 0.102 e. The van der Waals surface area contributed by atoms with Crippen LogP contribution in [0.4, 0.5) is 0 Å². The van der Waals surface area contributed by atoms with E-state index in [2.05, 4.69) is 18.1 Å². The summed E-state index contributed by atoms with van der Waals surface area (Å²) in [5.74, 6) is 4.58. The van der Waals surface area contributed by atoms with E-state index in [1.165, 1.54) is 44.9 Å². The molecule has 0 amide bonds. The van der Waals surface area contributed by atoms with E-state index in [-0.39, 0.29) is 0 Å². The van der Waals surface area contributed by atoms with Gasteiger partial charge in [-0.1, -0.05) is 6.92 Å². The Labute approximate surface area is 199 Å². The molecule has 0 spiro atoms. The van der Waals surface area contributed by atoms with Crippen molar-refractivity contribution >= 4 is 0 Å². The zero-order valence-electron chi connectivity index (χ0n) is 21.0. The Hall–Kier alpha value is -1.38. The molecular formula is C28H43N3O2. The van der Waals surface area contributed by atoms with Gasteiger partial charge in [0.05, 0.1) is 29.0 Å². The molecule has 0 aromatic carbocycles. The molecule has 5 heteroatoms. The van der Waals surface area contributed by atoms with Crippen molar-refractivity contribution in [2.45, 2.75) is 109 Å². The molecule has 9 atom stereocenters. The average Bonchev–Trinajstić information content (AvgIpc) is 3.38. The van der Waals surface area contributed by atoms with Gasteiger partial charge in [-0.2, -0.15) is 10.4 Å². The van der Waals surface area contributed by atoms with Crippen molar-refractivity contribution in [3.8, 4) is 6.07 Å². The largest absolute Gasteiger partial charge is 0.391 e. The fourth-order valence-corrected chi connectivity index (χ4v) is 8.98. The quantitative estimate of drug-likeness (QED) is 0.651. The van der Waals surface area contributed by atoms with Gasteiger partial charge < -0.3 is 10.2 Å². The Kier molecular flexibility index (Phi) is 5.73. The summed E-state index contributed by atoms with van der Waals surface area (Å²) in [7, 11) is 0. The molecule has 0 unspecified atom stereocenters. The van der Waals surface area contributed by atoms with Crippen LogP contribution >= 0.6 is 0 Å². The van der Waals surface area contributed by atoms with E-state index < -0.39 is 17.2 Å². The smallest absolute Gasteiger partial charge is 0.102 e. The third-order valence-corrected chi connectivity index (χ3v) is 11.1. The maximum atomic E-state index is 11.3. The molecule has 2 N–H and O–H groups in total. The number of hydrogen-bond acceptors (Lipinski definition) is 4. The maximum absolute atomic E-state index is 11.3. The van der Waals surface area contributed by atoms with E-state index in [0.29, 0.717) is 16.9 Å². The molecule has 1 heterocycles. The van der Waals surface area contributed by atoms with Gasteiger partial charge in [0, 0.05) is 6.20 Å². The summed E-state index contributed by atoms with van der Waals surface area (Å²) in [5, 5.41) is 35.5. The highest BCUT2D eigenvalue weighted by molar-refractivity contribution is 5.22. The van der Waals surface area contributed by atoms with Gasteiger partial charge in [0.2, 0.25) is 0 Å². The molecular weight excluding hydrogens is 410 g/mol. The number of aliphatic hydroxyl groups is 2. The molecule has 4 aliphatic carbocycles. The van der Waals surface area contributed by atoms with Crippen LogP contribution in [0.25, 0.3) is 0 Å². The number of nitrogens with zero attached hydrogens (tertiary/aromatic N) is 3. The fraction of sp³-hybridized carbons (Fsp3) is 0.857. The van der Waals surface area contributed by atoms with Gasteiger partial charge in [-0.15, -0.1) is 0 Å². The van der Waals surface area contributed by atoms with Gasteiger partial charge in [0.1, 0.15) is 6.07 Å². The first-order chi connectivity index (χ1) is 15.5. The van der Waals surface area contributed by atoms with Crippen molar-refractivity contribution in [2.24, 2.45) is 40.9 Å². The zero-order valence-corrected chi connectivity index (χ0v) is 21.0. The number of rotatable bonds is 4. The Morgan fingerprint density at radius 3 is 2.61 bits per heavy atom. The van der Waals surface area contributed by atoms with Crippen LogP contribution in [0.5, 0.6) is 0 Å². The van der Waals surface area contributed by atoms with E-state index in [9.17, 15) is 10.2 Å². The monoisotopic (exact) mass is 453 g/mol. The van der Waals surface area contributed by atoms with Crippen LogP contribution in [0.3, 0.4) is 0 Å². The van der Waals surface area contributed by atoms with Crippen molar-refractivity contribution in [2.75, 3.05) is 0 Å². The van der Waals surface area contributed by atoms with Gasteiger partial charge in [-0.05, 0) is 126 Å². The van der Waals surface area contributed by atoms with E-state index in [1.54, 1.807) is 17.1 Å². The minimum absolute atomic E-state index is 0.327. The molecule has 0 saturated heterocycles. The summed E-state index contributed by atoms with van der Waals surface area (Å²) in [5.41, 5.74) is -0.104. The molecule has 4 fully saturated rings. The van der Waals surface area contributed by atoms with Crippen molar-refractivity contribution in [1.82, 2.24) is 9.78 Å². The SMILES string of the molecule is CC(C)([C@@H](O)C[C@H]1CC[C@H]2[C@@H]3CC[C@@H]4C[C@](C)(O)CC[C@@H]4[C@H]3CC[C@]12C)n1cc(C#N)cn1. The highest BCUT2D eigenvalue weighted by atomic mass is 16.3. The molecule has 182 valence electrons. The van der Waals surface area contributed by atoms with Crippen LogP contribution in [-0.4, -0.2) is 31.7 Å². The molecule has 33 heavy (non-hydrogen) atoms. The van der Waals surface area contributed by atoms with Gasteiger partial charge in [0.25, 0.3) is 0 Å². The molecule has 4 aliphatic rings. The molecule has 0 radical (unpaired) electrons. The van der Waals surface area contributed by atoms with Crippen LogP contribution in [0.1, 0.15) is 97.5 Å².